The Kier molecular flexibility index (Phi) is 3.72. The number of hydrogen-bond donors (Lipinski definition) is 0. The Morgan fingerprint density at radius 1 is 1.11 bits per heavy atom. The monoisotopic (exact) mass is 272 g/mol. The maximum absolute atomic E-state index is 5.70. The molecule has 0 saturated heterocycles. The standard InChI is InChI=1S/C17H24OSi/c1-12-10-14(3)17(18-4)16(11-12)19(5,6)15-9-7-8-13(15)2/h7-8,10-11H,9H2,1-6H3. The molecule has 0 heterocycles. The second-order valence-corrected chi connectivity index (χ2v) is 10.4. The molecular weight excluding hydrogens is 248 g/mol. The van der Waals surface area contributed by atoms with Crippen molar-refractivity contribution in [1.82, 2.24) is 0 Å². The molecule has 0 amide bonds. The number of methoxy groups -OCH3 is 1. The summed E-state index contributed by atoms with van der Waals surface area (Å²) in [7, 11) is 0.146. The van der Waals surface area contributed by atoms with E-state index < -0.39 is 8.07 Å². The summed E-state index contributed by atoms with van der Waals surface area (Å²) in [6.07, 6.45) is 5.66. The number of rotatable bonds is 3. The van der Waals surface area contributed by atoms with Crippen LogP contribution in [-0.4, -0.2) is 15.2 Å². The molecule has 1 nitrogen and oxygen atoms in total. The first-order valence-electron chi connectivity index (χ1n) is 6.90. The van der Waals surface area contributed by atoms with Crippen molar-refractivity contribution in [2.24, 2.45) is 0 Å². The summed E-state index contributed by atoms with van der Waals surface area (Å²) in [5.74, 6) is 1.09. The van der Waals surface area contributed by atoms with Crippen LogP contribution in [0.5, 0.6) is 5.75 Å². The third kappa shape index (κ3) is 2.42. The van der Waals surface area contributed by atoms with Crippen LogP contribution in [0.2, 0.25) is 13.1 Å². The Bertz CT molecular complexity index is 565. The highest BCUT2D eigenvalue weighted by molar-refractivity contribution is 6.96. The van der Waals surface area contributed by atoms with Crippen LogP contribution in [-0.2, 0) is 0 Å². The summed E-state index contributed by atoms with van der Waals surface area (Å²) in [4.78, 5) is 0. The summed E-state index contributed by atoms with van der Waals surface area (Å²) in [6.45, 7) is 11.4. The van der Waals surface area contributed by atoms with Crippen LogP contribution < -0.4 is 9.92 Å². The van der Waals surface area contributed by atoms with E-state index in [1.807, 2.05) is 0 Å². The summed E-state index contributed by atoms with van der Waals surface area (Å²) in [5.41, 5.74) is 4.04. The van der Waals surface area contributed by atoms with Gasteiger partial charge in [-0.05, 0) is 37.9 Å². The highest BCUT2D eigenvalue weighted by atomic mass is 28.3. The van der Waals surface area contributed by atoms with Gasteiger partial charge < -0.3 is 4.74 Å². The van der Waals surface area contributed by atoms with E-state index in [-0.39, 0.29) is 0 Å². The molecule has 19 heavy (non-hydrogen) atoms. The fourth-order valence-electron chi connectivity index (χ4n) is 3.22. The van der Waals surface area contributed by atoms with Gasteiger partial charge in [-0.1, -0.05) is 53.7 Å². The van der Waals surface area contributed by atoms with E-state index in [1.54, 1.807) is 12.3 Å². The molecule has 1 aliphatic rings. The quantitative estimate of drug-likeness (QED) is 0.755. The minimum absolute atomic E-state index is 1.09. The zero-order valence-electron chi connectivity index (χ0n) is 12.9. The van der Waals surface area contributed by atoms with Crippen molar-refractivity contribution >= 4 is 13.3 Å². The molecule has 0 saturated carbocycles. The van der Waals surface area contributed by atoms with Gasteiger partial charge >= 0.3 is 0 Å². The molecule has 0 aliphatic heterocycles. The Morgan fingerprint density at radius 2 is 1.79 bits per heavy atom. The molecule has 1 aliphatic carbocycles. The zero-order chi connectivity index (χ0) is 14.2. The van der Waals surface area contributed by atoms with E-state index in [9.17, 15) is 0 Å². The minimum Gasteiger partial charge on any atom is -0.497 e. The summed E-state index contributed by atoms with van der Waals surface area (Å²) in [6, 6.07) is 4.54. The molecule has 0 fully saturated rings. The summed E-state index contributed by atoms with van der Waals surface area (Å²) < 4.78 is 5.70. The second-order valence-electron chi connectivity index (χ2n) is 6.06. The Labute approximate surface area is 118 Å². The van der Waals surface area contributed by atoms with Crippen LogP contribution in [0.4, 0.5) is 0 Å². The van der Waals surface area contributed by atoms with Crippen LogP contribution >= 0.6 is 0 Å². The average molecular weight is 272 g/mol. The maximum atomic E-state index is 5.70. The third-order valence-electron chi connectivity index (χ3n) is 4.22. The van der Waals surface area contributed by atoms with Crippen molar-refractivity contribution in [2.45, 2.75) is 40.3 Å². The van der Waals surface area contributed by atoms with Crippen LogP contribution in [0.25, 0.3) is 0 Å². The summed E-state index contributed by atoms with van der Waals surface area (Å²) in [5, 5.41) is 3.07. The number of aryl methyl sites for hydroxylation is 2. The molecule has 0 aromatic heterocycles. The SMILES string of the molecule is COc1c(C)cc(C)cc1[Si](C)(C)C1=C(C)C=CC1. The van der Waals surface area contributed by atoms with Crippen LogP contribution in [0.3, 0.4) is 0 Å². The highest BCUT2D eigenvalue weighted by Gasteiger charge is 2.33. The Morgan fingerprint density at radius 3 is 2.32 bits per heavy atom. The fourth-order valence-corrected chi connectivity index (χ4v) is 6.69. The first-order chi connectivity index (χ1) is 8.87. The van der Waals surface area contributed by atoms with Gasteiger partial charge in [0.15, 0.2) is 0 Å². The molecule has 0 atom stereocenters. The first-order valence-corrected chi connectivity index (χ1v) is 9.90. The molecule has 1 aromatic rings. The molecule has 0 spiro atoms. The van der Waals surface area contributed by atoms with E-state index >= 15 is 0 Å². The second kappa shape index (κ2) is 5.01. The largest absolute Gasteiger partial charge is 0.497 e. The van der Waals surface area contributed by atoms with Crippen LogP contribution in [0, 0.1) is 13.8 Å². The highest BCUT2D eigenvalue weighted by Crippen LogP contribution is 2.31. The number of ether oxygens (including phenoxy) is 1. The normalized spacial score (nSPS) is 15.3. The molecule has 2 rings (SSSR count). The first kappa shape index (κ1) is 14.1. The molecule has 102 valence electrons. The average Bonchev–Trinajstić information content (AvgIpc) is 2.75. The van der Waals surface area contributed by atoms with Gasteiger partial charge in [-0.3, -0.25) is 0 Å². The lowest BCUT2D eigenvalue weighted by Gasteiger charge is -2.29. The Hall–Kier alpha value is -1.28. The predicted octanol–water partition coefficient (Wildman–Crippen LogP) is 4.04. The van der Waals surface area contributed by atoms with Gasteiger partial charge in [0.25, 0.3) is 0 Å². The van der Waals surface area contributed by atoms with Gasteiger partial charge in [-0.2, -0.15) is 0 Å². The van der Waals surface area contributed by atoms with E-state index in [4.69, 9.17) is 4.74 Å². The van der Waals surface area contributed by atoms with Crippen molar-refractivity contribution in [2.75, 3.05) is 7.11 Å². The van der Waals surface area contributed by atoms with Crippen molar-refractivity contribution in [1.29, 1.82) is 0 Å². The molecular formula is C17H24OSi. The lowest BCUT2D eigenvalue weighted by molar-refractivity contribution is 0.414. The van der Waals surface area contributed by atoms with Crippen molar-refractivity contribution < 1.29 is 4.74 Å². The van der Waals surface area contributed by atoms with Gasteiger partial charge in [0.05, 0.1) is 7.11 Å². The lowest BCUT2D eigenvalue weighted by atomic mass is 10.1. The lowest BCUT2D eigenvalue weighted by Crippen LogP contribution is -2.45. The molecule has 0 radical (unpaired) electrons. The van der Waals surface area contributed by atoms with E-state index in [0.29, 0.717) is 0 Å². The van der Waals surface area contributed by atoms with E-state index in [2.05, 4.69) is 58.2 Å². The molecule has 0 N–H and O–H groups in total. The van der Waals surface area contributed by atoms with Crippen LogP contribution in [0.1, 0.15) is 24.5 Å². The van der Waals surface area contributed by atoms with E-state index in [0.717, 1.165) is 12.2 Å². The summed E-state index contributed by atoms with van der Waals surface area (Å²) >= 11 is 0. The van der Waals surface area contributed by atoms with Crippen molar-refractivity contribution in [3.8, 4) is 5.75 Å². The molecule has 2 heteroatoms. The smallest absolute Gasteiger partial charge is 0.121 e. The minimum atomic E-state index is -1.65. The number of allylic oxidation sites excluding steroid dienone is 4. The van der Waals surface area contributed by atoms with Gasteiger partial charge in [-0.25, -0.2) is 0 Å². The molecule has 1 aromatic carbocycles. The molecule has 0 unspecified atom stereocenters. The van der Waals surface area contributed by atoms with E-state index in [1.165, 1.54) is 21.9 Å². The van der Waals surface area contributed by atoms with Gasteiger partial charge in [-0.15, -0.1) is 0 Å². The number of hydrogen-bond acceptors (Lipinski definition) is 1. The predicted molar refractivity (Wildman–Crippen MR) is 86.0 cm³/mol. The topological polar surface area (TPSA) is 9.23 Å². The van der Waals surface area contributed by atoms with Crippen LogP contribution in [0.15, 0.2) is 35.1 Å². The zero-order valence-corrected chi connectivity index (χ0v) is 13.9. The third-order valence-corrected chi connectivity index (χ3v) is 8.04. The van der Waals surface area contributed by atoms with Crippen molar-refractivity contribution in [3.63, 3.8) is 0 Å². The fraction of sp³-hybridized carbons (Fsp3) is 0.412. The molecule has 0 bridgehead atoms. The van der Waals surface area contributed by atoms with Gasteiger partial charge in [0.2, 0.25) is 0 Å². The Balaban J connectivity index is 2.61. The maximum Gasteiger partial charge on any atom is 0.121 e. The van der Waals surface area contributed by atoms with Crippen molar-refractivity contribution in [3.05, 3.63) is 46.2 Å². The van der Waals surface area contributed by atoms with Gasteiger partial charge in [0, 0.05) is 0 Å². The van der Waals surface area contributed by atoms with Gasteiger partial charge in [0.1, 0.15) is 13.8 Å². The number of benzene rings is 1.